The zero-order valence-electron chi connectivity index (χ0n) is 6.49. The molecule has 6 heteroatoms. The van der Waals surface area contributed by atoms with Crippen LogP contribution in [-0.2, 0) is 9.16 Å². The fourth-order valence-electron chi connectivity index (χ4n) is 0.571. The molecule has 0 amide bonds. The van der Waals surface area contributed by atoms with Crippen LogP contribution in [0.25, 0.3) is 0 Å². The summed E-state index contributed by atoms with van der Waals surface area (Å²) in [5, 5.41) is 8.19. The third-order valence-corrected chi connectivity index (χ3v) is 2.87. The van der Waals surface area contributed by atoms with Gasteiger partial charge in [0.25, 0.3) is 0 Å². The molecule has 0 aliphatic rings. The molecule has 0 bridgehead atoms. The molecule has 11 heavy (non-hydrogen) atoms. The number of hydrogen-bond acceptors (Lipinski definition) is 5. The van der Waals surface area contributed by atoms with Gasteiger partial charge in [0.2, 0.25) is 0 Å². The molecule has 0 aromatic heterocycles. The van der Waals surface area contributed by atoms with Crippen molar-refractivity contribution in [3.8, 4) is 0 Å². The van der Waals surface area contributed by atoms with Crippen molar-refractivity contribution in [2.24, 2.45) is 0 Å². The molecule has 0 saturated carbocycles. The summed E-state index contributed by atoms with van der Waals surface area (Å²) < 4.78 is 9.02. The molecule has 0 spiro atoms. The molecule has 0 unspecified atom stereocenters. The minimum atomic E-state index is -3.39. The molecule has 5 nitrogen and oxygen atoms in total. The maximum Gasteiger partial charge on any atom is 0.495 e. The smallest absolute Gasteiger partial charge is 0.390 e. The van der Waals surface area contributed by atoms with Crippen molar-refractivity contribution in [2.45, 2.75) is 12.5 Å². The second-order valence-corrected chi connectivity index (χ2v) is 4.48. The lowest BCUT2D eigenvalue weighted by Crippen LogP contribution is -2.37. The minimum absolute atomic E-state index is 0.198. The molecule has 0 aromatic carbocycles. The lowest BCUT2D eigenvalue weighted by molar-refractivity contribution is -0.00210. The molecule has 0 fully saturated rings. The number of ether oxygens (including phenoxy) is 1. The molecule has 0 aliphatic heterocycles. The highest BCUT2D eigenvalue weighted by atomic mass is 28.4. The highest BCUT2D eigenvalue weighted by Gasteiger charge is 2.29. The zero-order chi connectivity index (χ0) is 8.74. The van der Waals surface area contributed by atoms with Crippen molar-refractivity contribution in [1.29, 1.82) is 0 Å². The summed E-state index contributed by atoms with van der Waals surface area (Å²) in [4.78, 5) is 18.0. The van der Waals surface area contributed by atoms with Crippen LogP contribution in [0.5, 0.6) is 0 Å². The Morgan fingerprint density at radius 2 is 2.00 bits per heavy atom. The minimum Gasteiger partial charge on any atom is -0.390 e. The molecular weight excluding hydrogens is 168 g/mol. The summed E-state index contributed by atoms with van der Waals surface area (Å²) in [5.41, 5.74) is 0. The van der Waals surface area contributed by atoms with E-state index >= 15 is 0 Å². The Kier molecular flexibility index (Phi) is 5.65. The van der Waals surface area contributed by atoms with E-state index in [0.717, 1.165) is 0 Å². The normalized spacial score (nSPS) is 12.0. The molecular formula is C5H14O5Si. The van der Waals surface area contributed by atoms with E-state index < -0.39 is 8.80 Å². The Morgan fingerprint density at radius 3 is 2.45 bits per heavy atom. The highest BCUT2D eigenvalue weighted by molar-refractivity contribution is 6.57. The van der Waals surface area contributed by atoms with Crippen molar-refractivity contribution in [2.75, 3.05) is 20.5 Å². The molecule has 0 rings (SSSR count). The molecule has 0 aliphatic carbocycles. The predicted octanol–water partition coefficient (Wildman–Crippen LogP) is -1.09. The number of aliphatic hydroxyl groups is 1. The van der Waals surface area contributed by atoms with Gasteiger partial charge < -0.3 is 23.9 Å². The average molecular weight is 182 g/mol. The van der Waals surface area contributed by atoms with Gasteiger partial charge in [0.15, 0.2) is 0 Å². The predicted molar refractivity (Wildman–Crippen MR) is 39.7 cm³/mol. The summed E-state index contributed by atoms with van der Waals surface area (Å²) in [6.45, 7) is -0.0197. The van der Waals surface area contributed by atoms with E-state index in [2.05, 4.69) is 9.16 Å². The van der Waals surface area contributed by atoms with Crippen LogP contribution in [0.15, 0.2) is 0 Å². The topological polar surface area (TPSA) is 79.2 Å². The van der Waals surface area contributed by atoms with E-state index in [1.165, 1.54) is 7.11 Å². The molecule has 68 valence electrons. The van der Waals surface area contributed by atoms with Gasteiger partial charge in [-0.15, -0.1) is 0 Å². The van der Waals surface area contributed by atoms with Gasteiger partial charge in [-0.3, -0.25) is 0 Å². The third kappa shape index (κ3) is 6.42. The van der Waals surface area contributed by atoms with Crippen LogP contribution in [0.3, 0.4) is 0 Å². The van der Waals surface area contributed by atoms with E-state index in [9.17, 15) is 0 Å². The first kappa shape index (κ1) is 11.0. The van der Waals surface area contributed by atoms with Crippen LogP contribution >= 0.6 is 0 Å². The van der Waals surface area contributed by atoms with Gasteiger partial charge in [-0.05, 0) is 6.42 Å². The van der Waals surface area contributed by atoms with Gasteiger partial charge in [0.05, 0.1) is 0 Å². The summed E-state index contributed by atoms with van der Waals surface area (Å²) in [7, 11) is -2.13. The fourth-order valence-corrected chi connectivity index (χ4v) is 1.38. The van der Waals surface area contributed by atoms with Crippen molar-refractivity contribution in [3.05, 3.63) is 0 Å². The average Bonchev–Trinajstić information content (AvgIpc) is 1.99. The molecule has 0 heterocycles. The molecule has 3 N–H and O–H groups in total. The summed E-state index contributed by atoms with van der Waals surface area (Å²) in [6, 6.07) is 0.198. The highest BCUT2D eigenvalue weighted by Crippen LogP contribution is 2.05. The van der Waals surface area contributed by atoms with Crippen molar-refractivity contribution >= 4 is 8.80 Å². The summed E-state index contributed by atoms with van der Waals surface area (Å²) in [6.07, 6.45) is 0.480. The summed E-state index contributed by atoms with van der Waals surface area (Å²) in [5.74, 6) is 0. The van der Waals surface area contributed by atoms with Gasteiger partial charge in [-0.2, -0.15) is 0 Å². The largest absolute Gasteiger partial charge is 0.495 e. The van der Waals surface area contributed by atoms with Gasteiger partial charge >= 0.3 is 8.80 Å². The van der Waals surface area contributed by atoms with Crippen LogP contribution < -0.4 is 0 Å². The number of rotatable bonds is 6. The van der Waals surface area contributed by atoms with E-state index in [1.807, 2.05) is 0 Å². The SMILES string of the molecule is CO[Si](O)(O)CCCOCO. The van der Waals surface area contributed by atoms with Gasteiger partial charge in [-0.25, -0.2) is 0 Å². The van der Waals surface area contributed by atoms with Crippen LogP contribution in [0.4, 0.5) is 0 Å². The van der Waals surface area contributed by atoms with Crippen LogP contribution in [0.2, 0.25) is 6.04 Å². The summed E-state index contributed by atoms with van der Waals surface area (Å²) >= 11 is 0. The van der Waals surface area contributed by atoms with Crippen molar-refractivity contribution < 1.29 is 23.9 Å². The van der Waals surface area contributed by atoms with Crippen LogP contribution in [0.1, 0.15) is 6.42 Å². The first-order valence-corrected chi connectivity index (χ1v) is 5.32. The van der Waals surface area contributed by atoms with Crippen LogP contribution in [0, 0.1) is 0 Å². The van der Waals surface area contributed by atoms with E-state index in [0.29, 0.717) is 13.0 Å². The maximum absolute atomic E-state index is 8.98. The van der Waals surface area contributed by atoms with E-state index in [1.54, 1.807) is 0 Å². The van der Waals surface area contributed by atoms with Crippen LogP contribution in [-0.4, -0.2) is 44.0 Å². The third-order valence-electron chi connectivity index (χ3n) is 1.21. The molecule has 0 aromatic rings. The Morgan fingerprint density at radius 1 is 1.36 bits per heavy atom. The molecule has 0 atom stereocenters. The monoisotopic (exact) mass is 182 g/mol. The first-order chi connectivity index (χ1) is 5.12. The van der Waals surface area contributed by atoms with Crippen molar-refractivity contribution in [1.82, 2.24) is 0 Å². The zero-order valence-corrected chi connectivity index (χ0v) is 7.49. The van der Waals surface area contributed by atoms with Gasteiger partial charge in [0, 0.05) is 19.8 Å². The second kappa shape index (κ2) is 5.64. The quantitative estimate of drug-likeness (QED) is 0.276. The van der Waals surface area contributed by atoms with Gasteiger partial charge in [0.1, 0.15) is 6.79 Å². The Bertz CT molecular complexity index is 96.9. The number of aliphatic hydroxyl groups excluding tert-OH is 1. The van der Waals surface area contributed by atoms with E-state index in [-0.39, 0.29) is 12.8 Å². The van der Waals surface area contributed by atoms with E-state index in [4.69, 9.17) is 14.7 Å². The molecule has 0 saturated heterocycles. The first-order valence-electron chi connectivity index (χ1n) is 3.31. The fraction of sp³-hybridized carbons (Fsp3) is 1.00. The lowest BCUT2D eigenvalue weighted by Gasteiger charge is -2.13. The maximum atomic E-state index is 8.98. The number of hydrogen-bond donors (Lipinski definition) is 3. The molecule has 0 radical (unpaired) electrons. The Labute approximate surface area is 66.6 Å². The Balaban J connectivity index is 3.23. The Hall–Kier alpha value is 0.0169. The standard InChI is InChI=1S/C5H14O5Si/c1-9-11(7,8)4-2-3-10-5-6/h6-8H,2-5H2,1H3. The second-order valence-electron chi connectivity index (χ2n) is 2.09. The van der Waals surface area contributed by atoms with Crippen molar-refractivity contribution in [3.63, 3.8) is 0 Å². The lowest BCUT2D eigenvalue weighted by atomic mass is 10.5. The van der Waals surface area contributed by atoms with Gasteiger partial charge in [-0.1, -0.05) is 0 Å².